The highest BCUT2D eigenvalue weighted by atomic mass is 35.5. The first-order chi connectivity index (χ1) is 12.6. The molecular weight excluding hydrogens is 384 g/mol. The van der Waals surface area contributed by atoms with Crippen molar-refractivity contribution in [3.63, 3.8) is 0 Å². The summed E-state index contributed by atoms with van der Waals surface area (Å²) in [5.41, 5.74) is 0.326. The van der Waals surface area contributed by atoms with Gasteiger partial charge in [0.05, 0.1) is 9.79 Å². The van der Waals surface area contributed by atoms with E-state index in [9.17, 15) is 13.2 Å². The second kappa shape index (κ2) is 7.02. The smallest absolute Gasteiger partial charge is 0.240 e. The van der Waals surface area contributed by atoms with Crippen LogP contribution < -0.4 is 5.32 Å². The predicted octanol–water partition coefficient (Wildman–Crippen LogP) is 4.04. The lowest BCUT2D eigenvalue weighted by Gasteiger charge is -2.20. The highest BCUT2D eigenvalue weighted by molar-refractivity contribution is 7.91. The summed E-state index contributed by atoms with van der Waals surface area (Å²) in [5.74, 6) is -0.182. The monoisotopic (exact) mass is 404 g/mol. The van der Waals surface area contributed by atoms with Gasteiger partial charge in [-0.05, 0) is 51.1 Å². The van der Waals surface area contributed by atoms with Crippen molar-refractivity contribution in [3.8, 4) is 0 Å². The molecule has 0 radical (unpaired) electrons. The predicted molar refractivity (Wildman–Crippen MR) is 107 cm³/mol. The van der Waals surface area contributed by atoms with Gasteiger partial charge in [-0.15, -0.1) is 0 Å². The number of nitrogens with one attached hydrogen (secondary N) is 1. The molecule has 5 nitrogen and oxygen atoms in total. The summed E-state index contributed by atoms with van der Waals surface area (Å²) in [7, 11) is -3.74. The molecule has 2 aromatic carbocycles. The number of nitrogens with zero attached hydrogens (tertiary/aromatic N) is 1. The van der Waals surface area contributed by atoms with E-state index < -0.39 is 9.84 Å². The van der Waals surface area contributed by atoms with Crippen LogP contribution in [-0.2, 0) is 21.2 Å². The van der Waals surface area contributed by atoms with Crippen LogP contribution in [0, 0.1) is 0 Å². The van der Waals surface area contributed by atoms with Gasteiger partial charge in [-0.3, -0.25) is 4.79 Å². The summed E-state index contributed by atoms with van der Waals surface area (Å²) < 4.78 is 27.9. The molecular formula is C20H21ClN2O3S. The minimum Gasteiger partial charge on any atom is -0.350 e. The first-order valence-electron chi connectivity index (χ1n) is 8.47. The van der Waals surface area contributed by atoms with Crippen molar-refractivity contribution in [1.82, 2.24) is 9.88 Å². The van der Waals surface area contributed by atoms with E-state index in [1.807, 2.05) is 26.8 Å². The average molecular weight is 405 g/mol. The number of fused-ring (bicyclic) bond motifs is 1. The maximum atomic E-state index is 13.1. The molecule has 7 heteroatoms. The summed E-state index contributed by atoms with van der Waals surface area (Å²) in [6, 6.07) is 13.2. The standard InChI is InChI=1S/C20H21ClN2O3S/c1-20(2,3)22-19(24)13-23-12-18(16-6-4-5-7-17(16)23)27(25,26)15-10-8-14(21)9-11-15/h4-12H,13H2,1-3H3,(H,22,24). The molecule has 1 N–H and O–H groups in total. The van der Waals surface area contributed by atoms with Gasteiger partial charge in [0.1, 0.15) is 6.54 Å². The van der Waals surface area contributed by atoms with E-state index in [1.54, 1.807) is 34.9 Å². The molecule has 1 aromatic heterocycles. The van der Waals surface area contributed by atoms with Gasteiger partial charge in [0.25, 0.3) is 0 Å². The fourth-order valence-corrected chi connectivity index (χ4v) is 4.51. The number of amides is 1. The minimum absolute atomic E-state index is 0.0356. The molecule has 0 saturated carbocycles. The summed E-state index contributed by atoms with van der Waals surface area (Å²) in [6.45, 7) is 5.73. The van der Waals surface area contributed by atoms with Crippen LogP contribution >= 0.6 is 11.6 Å². The van der Waals surface area contributed by atoms with E-state index in [0.717, 1.165) is 0 Å². The number of carbonyl (C=O) groups is 1. The second-order valence-electron chi connectivity index (χ2n) is 7.39. The maximum absolute atomic E-state index is 13.1. The number of rotatable bonds is 4. The van der Waals surface area contributed by atoms with Crippen LogP contribution in [0.5, 0.6) is 0 Å². The van der Waals surface area contributed by atoms with E-state index in [-0.39, 0.29) is 27.8 Å². The van der Waals surface area contributed by atoms with Crippen molar-refractivity contribution in [2.45, 2.75) is 42.6 Å². The van der Waals surface area contributed by atoms with E-state index in [2.05, 4.69) is 5.32 Å². The molecule has 27 heavy (non-hydrogen) atoms. The molecule has 0 fully saturated rings. The highest BCUT2D eigenvalue weighted by Crippen LogP contribution is 2.30. The number of para-hydroxylation sites is 1. The first-order valence-corrected chi connectivity index (χ1v) is 10.3. The fourth-order valence-electron chi connectivity index (χ4n) is 2.91. The Bertz CT molecular complexity index is 1090. The van der Waals surface area contributed by atoms with Gasteiger partial charge in [-0.25, -0.2) is 8.42 Å². The molecule has 0 spiro atoms. The van der Waals surface area contributed by atoms with E-state index in [1.165, 1.54) is 18.3 Å². The first kappa shape index (κ1) is 19.5. The molecule has 0 atom stereocenters. The van der Waals surface area contributed by atoms with E-state index >= 15 is 0 Å². The number of sulfone groups is 1. The third-order valence-corrected chi connectivity index (χ3v) is 6.04. The lowest BCUT2D eigenvalue weighted by molar-refractivity contribution is -0.123. The molecule has 0 aliphatic rings. The van der Waals surface area contributed by atoms with Crippen molar-refractivity contribution in [3.05, 3.63) is 59.8 Å². The Morgan fingerprint density at radius 1 is 1.07 bits per heavy atom. The summed E-state index contributed by atoms with van der Waals surface area (Å²) in [5, 5.41) is 3.94. The van der Waals surface area contributed by atoms with Gasteiger partial charge in [-0.1, -0.05) is 29.8 Å². The minimum atomic E-state index is -3.74. The topological polar surface area (TPSA) is 68.2 Å². The number of aromatic nitrogens is 1. The number of halogens is 1. The van der Waals surface area contributed by atoms with Crippen molar-refractivity contribution in [1.29, 1.82) is 0 Å². The number of hydrogen-bond acceptors (Lipinski definition) is 3. The molecule has 0 saturated heterocycles. The van der Waals surface area contributed by atoms with Crippen LogP contribution in [-0.4, -0.2) is 24.4 Å². The Balaban J connectivity index is 2.07. The molecule has 142 valence electrons. The van der Waals surface area contributed by atoms with Crippen molar-refractivity contribution in [2.75, 3.05) is 0 Å². The van der Waals surface area contributed by atoms with Gasteiger partial charge < -0.3 is 9.88 Å². The van der Waals surface area contributed by atoms with Crippen LogP contribution in [0.25, 0.3) is 10.9 Å². The molecule has 3 rings (SSSR count). The largest absolute Gasteiger partial charge is 0.350 e. The molecule has 3 aromatic rings. The van der Waals surface area contributed by atoms with Crippen LogP contribution in [0.4, 0.5) is 0 Å². The van der Waals surface area contributed by atoms with Crippen molar-refractivity contribution >= 4 is 38.2 Å². The Labute approximate surface area is 163 Å². The van der Waals surface area contributed by atoms with Crippen molar-refractivity contribution in [2.24, 2.45) is 0 Å². The molecule has 0 unspecified atom stereocenters. The second-order valence-corrected chi connectivity index (χ2v) is 9.75. The third kappa shape index (κ3) is 4.17. The van der Waals surface area contributed by atoms with Gasteiger partial charge in [0.15, 0.2) is 0 Å². The van der Waals surface area contributed by atoms with Gasteiger partial charge in [-0.2, -0.15) is 0 Å². The maximum Gasteiger partial charge on any atom is 0.240 e. The zero-order chi connectivity index (χ0) is 19.8. The molecule has 1 amide bonds. The SMILES string of the molecule is CC(C)(C)NC(=O)Cn1cc(S(=O)(=O)c2ccc(Cl)cc2)c2ccccc21. The Morgan fingerprint density at radius 3 is 2.33 bits per heavy atom. The zero-order valence-corrected chi connectivity index (χ0v) is 16.9. The van der Waals surface area contributed by atoms with E-state index in [0.29, 0.717) is 15.9 Å². The number of carbonyl (C=O) groups excluding carboxylic acids is 1. The van der Waals surface area contributed by atoms with Crippen LogP contribution in [0.1, 0.15) is 20.8 Å². The number of hydrogen-bond donors (Lipinski definition) is 1. The van der Waals surface area contributed by atoms with Gasteiger partial charge >= 0.3 is 0 Å². The Morgan fingerprint density at radius 2 is 1.70 bits per heavy atom. The lowest BCUT2D eigenvalue weighted by atomic mass is 10.1. The van der Waals surface area contributed by atoms with Crippen LogP contribution in [0.15, 0.2) is 64.5 Å². The molecule has 1 heterocycles. The third-order valence-electron chi connectivity index (χ3n) is 3.99. The lowest BCUT2D eigenvalue weighted by Crippen LogP contribution is -2.42. The van der Waals surface area contributed by atoms with Crippen LogP contribution in [0.3, 0.4) is 0 Å². The van der Waals surface area contributed by atoms with Gasteiger partial charge in [0, 0.05) is 27.7 Å². The van der Waals surface area contributed by atoms with Crippen molar-refractivity contribution < 1.29 is 13.2 Å². The zero-order valence-electron chi connectivity index (χ0n) is 15.4. The fraction of sp³-hybridized carbons (Fsp3) is 0.250. The molecule has 0 aliphatic carbocycles. The Hall–Kier alpha value is -2.31. The van der Waals surface area contributed by atoms with Crippen LogP contribution in [0.2, 0.25) is 5.02 Å². The summed E-state index contributed by atoms with van der Waals surface area (Å²) in [4.78, 5) is 12.7. The van der Waals surface area contributed by atoms with Gasteiger partial charge in [0.2, 0.25) is 15.7 Å². The quantitative estimate of drug-likeness (QED) is 0.713. The highest BCUT2D eigenvalue weighted by Gasteiger charge is 2.24. The van der Waals surface area contributed by atoms with E-state index in [4.69, 9.17) is 11.6 Å². The molecule has 0 bridgehead atoms. The Kier molecular flexibility index (Phi) is 5.06. The summed E-state index contributed by atoms with van der Waals surface area (Å²) in [6.07, 6.45) is 1.52. The number of benzene rings is 2. The normalized spacial score (nSPS) is 12.3. The summed E-state index contributed by atoms with van der Waals surface area (Å²) >= 11 is 5.87. The average Bonchev–Trinajstić information content (AvgIpc) is 2.93. The molecule has 0 aliphatic heterocycles.